The number of carbonyl (C=O) groups is 1. The van der Waals surface area contributed by atoms with Crippen molar-refractivity contribution < 1.29 is 9.53 Å². The number of ether oxygens (including phenoxy) is 1. The summed E-state index contributed by atoms with van der Waals surface area (Å²) in [4.78, 5) is 14.2. The Balaban J connectivity index is 2.29. The lowest BCUT2D eigenvalue weighted by molar-refractivity contribution is -0.125. The average molecular weight is 277 g/mol. The number of amides is 1. The van der Waals surface area contributed by atoms with E-state index in [2.05, 4.69) is 10.2 Å². The topological polar surface area (TPSA) is 67.6 Å². The predicted octanol–water partition coefficient (Wildman–Crippen LogP) is 0.905. The van der Waals surface area contributed by atoms with Gasteiger partial charge in [0.05, 0.1) is 19.2 Å². The molecule has 1 aromatic rings. The maximum absolute atomic E-state index is 12.0. The molecule has 1 heterocycles. The maximum Gasteiger partial charge on any atom is 0.237 e. The van der Waals surface area contributed by atoms with Crippen molar-refractivity contribution in [3.05, 3.63) is 29.8 Å². The van der Waals surface area contributed by atoms with Gasteiger partial charge in [0.25, 0.3) is 0 Å². The molecule has 2 atom stereocenters. The minimum Gasteiger partial charge on any atom is -0.496 e. The van der Waals surface area contributed by atoms with Crippen molar-refractivity contribution >= 4 is 5.91 Å². The van der Waals surface area contributed by atoms with Gasteiger partial charge < -0.3 is 15.8 Å². The number of methoxy groups -OCH3 is 1. The molecule has 1 saturated heterocycles. The van der Waals surface area contributed by atoms with Crippen molar-refractivity contribution in [1.29, 1.82) is 0 Å². The van der Waals surface area contributed by atoms with Crippen LogP contribution in [0.15, 0.2) is 24.3 Å². The number of hydrogen-bond acceptors (Lipinski definition) is 4. The smallest absolute Gasteiger partial charge is 0.237 e. The molecule has 0 bridgehead atoms. The SMILES string of the molecule is CNC(=O)C1CCCN1C(CN)c1ccccc1OC. The summed E-state index contributed by atoms with van der Waals surface area (Å²) < 4.78 is 5.43. The summed E-state index contributed by atoms with van der Waals surface area (Å²) in [5.74, 6) is 0.890. The Kier molecular flexibility index (Phi) is 4.98. The largest absolute Gasteiger partial charge is 0.496 e. The zero-order valence-corrected chi connectivity index (χ0v) is 12.1. The van der Waals surface area contributed by atoms with Gasteiger partial charge in [-0.15, -0.1) is 0 Å². The molecule has 110 valence electrons. The fourth-order valence-electron chi connectivity index (χ4n) is 2.99. The van der Waals surface area contributed by atoms with Crippen molar-refractivity contribution in [2.45, 2.75) is 24.9 Å². The second-order valence-corrected chi connectivity index (χ2v) is 5.00. The third kappa shape index (κ3) is 2.78. The molecule has 2 unspecified atom stereocenters. The van der Waals surface area contributed by atoms with Gasteiger partial charge in [0.1, 0.15) is 5.75 Å². The Morgan fingerprint density at radius 2 is 2.30 bits per heavy atom. The number of hydrogen-bond donors (Lipinski definition) is 2. The van der Waals surface area contributed by atoms with Crippen molar-refractivity contribution in [1.82, 2.24) is 10.2 Å². The van der Waals surface area contributed by atoms with Crippen LogP contribution in [0.25, 0.3) is 0 Å². The summed E-state index contributed by atoms with van der Waals surface area (Å²) in [7, 11) is 3.34. The Labute approximate surface area is 120 Å². The van der Waals surface area contributed by atoms with E-state index in [9.17, 15) is 4.79 Å². The lowest BCUT2D eigenvalue weighted by Gasteiger charge is -2.32. The molecule has 5 nitrogen and oxygen atoms in total. The first-order valence-corrected chi connectivity index (χ1v) is 7.03. The van der Waals surface area contributed by atoms with E-state index in [1.807, 2.05) is 24.3 Å². The van der Waals surface area contributed by atoms with Gasteiger partial charge in [-0.25, -0.2) is 0 Å². The summed E-state index contributed by atoms with van der Waals surface area (Å²) in [6.07, 6.45) is 1.90. The summed E-state index contributed by atoms with van der Waals surface area (Å²) in [6, 6.07) is 7.79. The van der Waals surface area contributed by atoms with Gasteiger partial charge in [-0.2, -0.15) is 0 Å². The number of nitrogens with one attached hydrogen (secondary N) is 1. The number of carbonyl (C=O) groups excluding carboxylic acids is 1. The van der Waals surface area contributed by atoms with Crippen molar-refractivity contribution in [2.24, 2.45) is 5.73 Å². The first-order chi connectivity index (χ1) is 9.72. The van der Waals surface area contributed by atoms with Crippen LogP contribution in [0.2, 0.25) is 0 Å². The summed E-state index contributed by atoms with van der Waals surface area (Å²) >= 11 is 0. The first-order valence-electron chi connectivity index (χ1n) is 7.03. The van der Waals surface area contributed by atoms with Gasteiger partial charge in [0.2, 0.25) is 5.91 Å². The fourth-order valence-corrected chi connectivity index (χ4v) is 2.99. The molecule has 20 heavy (non-hydrogen) atoms. The van der Waals surface area contributed by atoms with Crippen molar-refractivity contribution in [2.75, 3.05) is 27.2 Å². The van der Waals surface area contributed by atoms with E-state index in [4.69, 9.17) is 10.5 Å². The Hall–Kier alpha value is -1.59. The molecular formula is C15H23N3O2. The Bertz CT molecular complexity index is 464. The molecule has 3 N–H and O–H groups in total. The molecule has 1 amide bonds. The van der Waals surface area contributed by atoms with Gasteiger partial charge in [-0.05, 0) is 25.5 Å². The van der Waals surface area contributed by atoms with Gasteiger partial charge >= 0.3 is 0 Å². The lowest BCUT2D eigenvalue weighted by Crippen LogP contribution is -2.45. The molecule has 1 aromatic carbocycles. The molecule has 1 aliphatic heterocycles. The van der Waals surface area contributed by atoms with Crippen LogP contribution in [0.4, 0.5) is 0 Å². The highest BCUT2D eigenvalue weighted by molar-refractivity contribution is 5.81. The Morgan fingerprint density at radius 1 is 1.55 bits per heavy atom. The third-order valence-electron chi connectivity index (χ3n) is 3.96. The highest BCUT2D eigenvalue weighted by atomic mass is 16.5. The van der Waals surface area contributed by atoms with E-state index < -0.39 is 0 Å². The van der Waals surface area contributed by atoms with Crippen LogP contribution < -0.4 is 15.8 Å². The number of benzene rings is 1. The zero-order chi connectivity index (χ0) is 14.5. The van der Waals surface area contributed by atoms with E-state index in [-0.39, 0.29) is 18.0 Å². The van der Waals surface area contributed by atoms with Crippen molar-refractivity contribution in [3.63, 3.8) is 0 Å². The van der Waals surface area contributed by atoms with Crippen molar-refractivity contribution in [3.8, 4) is 5.75 Å². The van der Waals surface area contributed by atoms with Crippen LogP contribution in [0.1, 0.15) is 24.4 Å². The van der Waals surface area contributed by atoms with E-state index >= 15 is 0 Å². The van der Waals surface area contributed by atoms with Gasteiger partial charge in [0, 0.05) is 19.2 Å². The quantitative estimate of drug-likeness (QED) is 0.839. The zero-order valence-electron chi connectivity index (χ0n) is 12.1. The number of rotatable bonds is 5. The van der Waals surface area contributed by atoms with Gasteiger partial charge in [-0.1, -0.05) is 18.2 Å². The molecule has 1 fully saturated rings. The van der Waals surface area contributed by atoms with E-state index in [1.54, 1.807) is 14.2 Å². The standard InChI is InChI=1S/C15H23N3O2/c1-17-15(19)12-7-5-9-18(12)13(10-16)11-6-3-4-8-14(11)20-2/h3-4,6,8,12-13H,5,7,9-10,16H2,1-2H3,(H,17,19). The van der Waals surface area contributed by atoms with Crippen LogP contribution in [-0.4, -0.2) is 44.1 Å². The molecule has 5 heteroatoms. The molecule has 0 saturated carbocycles. The monoisotopic (exact) mass is 277 g/mol. The van der Waals surface area contributed by atoms with Crippen LogP contribution in [0.3, 0.4) is 0 Å². The van der Waals surface area contributed by atoms with Crippen LogP contribution >= 0.6 is 0 Å². The molecule has 0 aliphatic carbocycles. The maximum atomic E-state index is 12.0. The van der Waals surface area contributed by atoms with Crippen LogP contribution in [0, 0.1) is 0 Å². The summed E-state index contributed by atoms with van der Waals surface area (Å²) in [6.45, 7) is 1.35. The molecule has 0 aromatic heterocycles. The third-order valence-corrected chi connectivity index (χ3v) is 3.96. The van der Waals surface area contributed by atoms with Gasteiger partial charge in [0.15, 0.2) is 0 Å². The molecule has 0 spiro atoms. The second-order valence-electron chi connectivity index (χ2n) is 5.00. The highest BCUT2D eigenvalue weighted by Gasteiger charge is 2.35. The number of nitrogens with zero attached hydrogens (tertiary/aromatic N) is 1. The average Bonchev–Trinajstić information content (AvgIpc) is 2.97. The first kappa shape index (κ1) is 14.8. The highest BCUT2D eigenvalue weighted by Crippen LogP contribution is 2.33. The molecule has 1 aliphatic rings. The van der Waals surface area contributed by atoms with Crippen LogP contribution in [0.5, 0.6) is 5.75 Å². The van der Waals surface area contributed by atoms with E-state index in [0.717, 1.165) is 30.7 Å². The number of para-hydroxylation sites is 1. The number of likely N-dealkylation sites (N-methyl/N-ethyl adjacent to an activating group) is 1. The predicted molar refractivity (Wildman–Crippen MR) is 78.6 cm³/mol. The normalized spacial score (nSPS) is 20.6. The second kappa shape index (κ2) is 6.72. The Morgan fingerprint density at radius 3 is 2.95 bits per heavy atom. The fraction of sp³-hybridized carbons (Fsp3) is 0.533. The van der Waals surface area contributed by atoms with E-state index in [0.29, 0.717) is 6.54 Å². The molecular weight excluding hydrogens is 254 g/mol. The minimum absolute atomic E-state index is 0.0101. The van der Waals surface area contributed by atoms with Gasteiger partial charge in [-0.3, -0.25) is 9.69 Å². The number of nitrogens with two attached hydrogens (primary N) is 1. The van der Waals surface area contributed by atoms with Crippen LogP contribution in [-0.2, 0) is 4.79 Å². The summed E-state index contributed by atoms with van der Waals surface area (Å²) in [5.41, 5.74) is 7.03. The molecule has 0 radical (unpaired) electrons. The van der Waals surface area contributed by atoms with E-state index in [1.165, 1.54) is 0 Å². The molecule has 2 rings (SSSR count). The minimum atomic E-state index is -0.0986. The summed E-state index contributed by atoms with van der Waals surface area (Å²) in [5, 5.41) is 2.74. The number of likely N-dealkylation sites (tertiary alicyclic amines) is 1. The lowest BCUT2D eigenvalue weighted by atomic mass is 10.0.